The molecule has 1 saturated carbocycles. The molecule has 0 radical (unpaired) electrons. The molecule has 2 fully saturated rings. The van der Waals surface area contributed by atoms with Crippen molar-refractivity contribution >= 4 is 5.78 Å². The molecule has 1 saturated heterocycles. The molecule has 0 bridgehead atoms. The van der Waals surface area contributed by atoms with Crippen molar-refractivity contribution in [1.29, 1.82) is 0 Å². The van der Waals surface area contributed by atoms with Gasteiger partial charge in [-0.2, -0.15) is 0 Å². The molecule has 2 aliphatic carbocycles. The van der Waals surface area contributed by atoms with Crippen LogP contribution in [-0.2, 0) is 9.53 Å². The van der Waals surface area contributed by atoms with E-state index in [1.165, 1.54) is 0 Å². The van der Waals surface area contributed by atoms with Crippen molar-refractivity contribution in [3.8, 4) is 0 Å². The molecule has 130 valence electrons. The van der Waals surface area contributed by atoms with E-state index in [1.807, 2.05) is 6.07 Å². The third-order valence-corrected chi connectivity index (χ3v) is 7.02. The minimum absolute atomic E-state index is 0.0704. The first-order chi connectivity index (χ1) is 11.5. The van der Waals surface area contributed by atoms with Crippen LogP contribution in [0.15, 0.2) is 34.7 Å². The number of ketones is 1. The zero-order valence-electron chi connectivity index (χ0n) is 14.5. The second kappa shape index (κ2) is 5.57. The van der Waals surface area contributed by atoms with E-state index < -0.39 is 11.7 Å². The lowest BCUT2D eigenvalue weighted by Crippen LogP contribution is -2.55. The molecular formula is C20H26O4. The van der Waals surface area contributed by atoms with E-state index in [1.54, 1.807) is 12.5 Å². The van der Waals surface area contributed by atoms with Gasteiger partial charge >= 0.3 is 0 Å². The number of aliphatic hydroxyl groups excluding tert-OH is 1. The van der Waals surface area contributed by atoms with E-state index in [4.69, 9.17) is 9.15 Å². The summed E-state index contributed by atoms with van der Waals surface area (Å²) in [6, 6.07) is 1.83. The summed E-state index contributed by atoms with van der Waals surface area (Å²) < 4.78 is 11.3. The molecule has 24 heavy (non-hydrogen) atoms. The van der Waals surface area contributed by atoms with Crippen LogP contribution in [0.3, 0.4) is 0 Å². The van der Waals surface area contributed by atoms with Crippen LogP contribution in [0.4, 0.5) is 0 Å². The molecule has 1 aromatic rings. The molecule has 3 aliphatic rings. The Labute approximate surface area is 142 Å². The summed E-state index contributed by atoms with van der Waals surface area (Å²) in [6.07, 6.45) is 9.36. The van der Waals surface area contributed by atoms with Gasteiger partial charge in [0.15, 0.2) is 5.78 Å². The summed E-state index contributed by atoms with van der Waals surface area (Å²) in [5.41, 5.74) is 1.26. The molecule has 0 aromatic carbocycles. The second-order valence-corrected chi connectivity index (χ2v) is 8.07. The summed E-state index contributed by atoms with van der Waals surface area (Å²) in [6.45, 7) is 4.78. The number of aliphatic hydroxyl groups is 1. The average Bonchev–Trinajstić information content (AvgIpc) is 3.20. The minimum atomic E-state index is -0.544. The fraction of sp³-hybridized carbons (Fsp3) is 0.650. The lowest BCUT2D eigenvalue weighted by atomic mass is 9.50. The highest BCUT2D eigenvalue weighted by Crippen LogP contribution is 2.61. The number of carbonyl (C=O) groups excluding carboxylic acids is 1. The molecule has 5 atom stereocenters. The monoisotopic (exact) mass is 330 g/mol. The summed E-state index contributed by atoms with van der Waals surface area (Å²) >= 11 is 0. The Hall–Kier alpha value is -1.39. The van der Waals surface area contributed by atoms with Gasteiger partial charge in [-0.1, -0.05) is 19.9 Å². The Morgan fingerprint density at radius 1 is 1.42 bits per heavy atom. The third-order valence-electron chi connectivity index (χ3n) is 7.02. The molecule has 1 aliphatic heterocycles. The minimum Gasteiger partial charge on any atom is -0.472 e. The van der Waals surface area contributed by atoms with Crippen molar-refractivity contribution in [3.63, 3.8) is 0 Å². The topological polar surface area (TPSA) is 59.7 Å². The highest BCUT2D eigenvalue weighted by Gasteiger charge is 2.61. The number of carbonyl (C=O) groups is 1. The van der Waals surface area contributed by atoms with Crippen LogP contribution in [-0.4, -0.2) is 23.1 Å². The van der Waals surface area contributed by atoms with Crippen LogP contribution < -0.4 is 0 Å². The number of rotatable bonds is 3. The van der Waals surface area contributed by atoms with Crippen LogP contribution in [0.2, 0.25) is 0 Å². The Kier molecular flexibility index (Phi) is 3.73. The largest absolute Gasteiger partial charge is 0.472 e. The molecule has 1 N–H and O–H groups in total. The standard InChI is InChI=1S/C20H26O4/c1-13-6-8-20-15(17(22)12-24-20)4-3-5-18(20)19(13,2)10-16(21)14-7-9-23-11-14/h4,7,9,11,13,16,18,21H,3,5-6,8,10,12H2,1-2H3/t13-,16-,18-,19+,20-/m1/s1. The zero-order chi connectivity index (χ0) is 16.9. The number of Topliss-reactive ketones (excluding diaryl/α,β-unsaturated/α-hetero) is 1. The first-order valence-electron chi connectivity index (χ1n) is 9.05. The van der Waals surface area contributed by atoms with Gasteiger partial charge < -0.3 is 14.3 Å². The van der Waals surface area contributed by atoms with Crippen molar-refractivity contribution in [3.05, 3.63) is 35.8 Å². The van der Waals surface area contributed by atoms with E-state index in [2.05, 4.69) is 19.9 Å². The molecular weight excluding hydrogens is 304 g/mol. The molecule has 4 nitrogen and oxygen atoms in total. The average molecular weight is 330 g/mol. The Morgan fingerprint density at radius 2 is 2.25 bits per heavy atom. The van der Waals surface area contributed by atoms with Gasteiger partial charge in [-0.15, -0.1) is 0 Å². The Balaban J connectivity index is 1.69. The predicted octanol–water partition coefficient (Wildman–Crippen LogP) is 3.81. The molecule has 0 amide bonds. The van der Waals surface area contributed by atoms with Gasteiger partial charge in [-0.05, 0) is 55.4 Å². The van der Waals surface area contributed by atoms with Crippen LogP contribution in [0, 0.1) is 17.3 Å². The second-order valence-electron chi connectivity index (χ2n) is 8.07. The van der Waals surface area contributed by atoms with Gasteiger partial charge in [0.2, 0.25) is 0 Å². The van der Waals surface area contributed by atoms with Crippen molar-refractivity contribution in [2.75, 3.05) is 6.61 Å². The predicted molar refractivity (Wildman–Crippen MR) is 89.3 cm³/mol. The summed E-state index contributed by atoms with van der Waals surface area (Å²) in [5, 5.41) is 10.7. The van der Waals surface area contributed by atoms with E-state index >= 15 is 0 Å². The van der Waals surface area contributed by atoms with E-state index in [0.717, 1.165) is 36.8 Å². The molecule has 0 unspecified atom stereocenters. The summed E-state index contributed by atoms with van der Waals surface area (Å²) in [4.78, 5) is 12.3. The number of hydrogen-bond acceptors (Lipinski definition) is 4. The van der Waals surface area contributed by atoms with Crippen molar-refractivity contribution in [2.24, 2.45) is 17.3 Å². The number of allylic oxidation sites excluding steroid dienone is 1. The molecule has 1 spiro atoms. The van der Waals surface area contributed by atoms with Gasteiger partial charge in [0, 0.05) is 11.1 Å². The third kappa shape index (κ3) is 2.16. The maximum atomic E-state index is 12.3. The van der Waals surface area contributed by atoms with Crippen LogP contribution in [0.5, 0.6) is 0 Å². The summed E-state index contributed by atoms with van der Waals surface area (Å²) in [7, 11) is 0. The van der Waals surface area contributed by atoms with Gasteiger partial charge in [-0.3, -0.25) is 4.79 Å². The molecule has 1 aromatic heterocycles. The normalized spacial score (nSPS) is 40.0. The van der Waals surface area contributed by atoms with Crippen LogP contribution >= 0.6 is 0 Å². The number of ether oxygens (including phenoxy) is 1. The smallest absolute Gasteiger partial charge is 0.187 e. The number of furan rings is 1. The highest BCUT2D eigenvalue weighted by atomic mass is 16.5. The van der Waals surface area contributed by atoms with Crippen LogP contribution in [0.1, 0.15) is 57.6 Å². The lowest BCUT2D eigenvalue weighted by Gasteiger charge is -2.57. The highest BCUT2D eigenvalue weighted by molar-refractivity contribution is 6.00. The molecule has 4 rings (SSSR count). The van der Waals surface area contributed by atoms with E-state index in [-0.39, 0.29) is 23.7 Å². The Bertz CT molecular complexity index is 661. The summed E-state index contributed by atoms with van der Waals surface area (Å²) in [5.74, 6) is 0.919. The van der Waals surface area contributed by atoms with E-state index in [0.29, 0.717) is 12.3 Å². The molecule has 4 heteroatoms. The maximum Gasteiger partial charge on any atom is 0.187 e. The number of hydrogen-bond donors (Lipinski definition) is 1. The Morgan fingerprint density at radius 3 is 3.00 bits per heavy atom. The van der Waals surface area contributed by atoms with Crippen molar-refractivity contribution < 1.29 is 19.1 Å². The fourth-order valence-corrected chi connectivity index (χ4v) is 5.48. The quantitative estimate of drug-likeness (QED) is 0.915. The van der Waals surface area contributed by atoms with Crippen molar-refractivity contribution in [1.82, 2.24) is 0 Å². The fourth-order valence-electron chi connectivity index (χ4n) is 5.48. The maximum absolute atomic E-state index is 12.3. The van der Waals surface area contributed by atoms with Gasteiger partial charge in [0.05, 0.1) is 18.6 Å². The lowest BCUT2D eigenvalue weighted by molar-refractivity contribution is -0.142. The SMILES string of the molecule is C[C@@H]1CC[C@@]23OCC(=O)C2=CCC[C@@H]3[C@@]1(C)C[C@@H](O)c1ccoc1. The van der Waals surface area contributed by atoms with Gasteiger partial charge in [0.1, 0.15) is 12.2 Å². The van der Waals surface area contributed by atoms with Crippen molar-refractivity contribution in [2.45, 2.75) is 57.7 Å². The van der Waals surface area contributed by atoms with Gasteiger partial charge in [-0.25, -0.2) is 0 Å². The molecule has 2 heterocycles. The first-order valence-corrected chi connectivity index (χ1v) is 9.05. The van der Waals surface area contributed by atoms with Crippen LogP contribution in [0.25, 0.3) is 0 Å². The van der Waals surface area contributed by atoms with Gasteiger partial charge in [0.25, 0.3) is 0 Å². The van der Waals surface area contributed by atoms with E-state index in [9.17, 15) is 9.90 Å². The zero-order valence-corrected chi connectivity index (χ0v) is 14.5. The first kappa shape index (κ1) is 16.1.